The van der Waals surface area contributed by atoms with E-state index in [9.17, 15) is 17.6 Å². The maximum absolute atomic E-state index is 14.6. The average molecular weight is 468 g/mol. The molecule has 0 fully saturated rings. The van der Waals surface area contributed by atoms with Crippen molar-refractivity contribution in [2.75, 3.05) is 5.32 Å². The Morgan fingerprint density at radius 3 is 2.62 bits per heavy atom. The molecule has 7 heteroatoms. The molecule has 1 aliphatic carbocycles. The summed E-state index contributed by atoms with van der Waals surface area (Å²) in [6.45, 7) is 6.60. The van der Waals surface area contributed by atoms with Crippen LogP contribution in [-0.2, 0) is 4.74 Å². The first kappa shape index (κ1) is 24.2. The molecule has 0 spiro atoms. The topological polar surface area (TPSA) is 21.3 Å². The lowest BCUT2D eigenvalue weighted by molar-refractivity contribution is 0.00819. The van der Waals surface area contributed by atoms with Crippen LogP contribution in [0, 0.1) is 18.7 Å². The maximum atomic E-state index is 14.6. The van der Waals surface area contributed by atoms with E-state index in [0.29, 0.717) is 23.2 Å². The summed E-state index contributed by atoms with van der Waals surface area (Å²) in [6.07, 6.45) is 5.63. The van der Waals surface area contributed by atoms with Gasteiger partial charge < -0.3 is 10.1 Å². The van der Waals surface area contributed by atoms with E-state index in [1.54, 1.807) is 6.26 Å². The second-order valence-electron chi connectivity index (χ2n) is 8.10. The molecule has 0 saturated heterocycles. The van der Waals surface area contributed by atoms with Crippen molar-refractivity contribution in [1.29, 1.82) is 0 Å². The number of nitrogens with one attached hydrogen (secondary N) is 1. The first-order valence-electron chi connectivity index (χ1n) is 10.5. The molecule has 1 N–H and O–H groups in total. The molecule has 1 heterocycles. The molecule has 0 aromatic heterocycles. The molecule has 2 aromatic carbocycles. The van der Waals surface area contributed by atoms with Crippen molar-refractivity contribution in [3.8, 4) is 0 Å². The predicted molar refractivity (Wildman–Crippen MR) is 122 cm³/mol. The van der Waals surface area contributed by atoms with E-state index in [1.165, 1.54) is 0 Å². The molecule has 2 nitrogen and oxygen atoms in total. The molecule has 0 bridgehead atoms. The van der Waals surface area contributed by atoms with Crippen LogP contribution in [0.15, 0.2) is 37.1 Å². The first-order chi connectivity index (χ1) is 15.1. The molecule has 4 rings (SSSR count). The smallest absolute Gasteiger partial charge is 0.379 e. The highest BCUT2D eigenvalue weighted by Crippen LogP contribution is 2.47. The van der Waals surface area contributed by atoms with Gasteiger partial charge in [-0.2, -0.15) is 13.2 Å². The third-order valence-corrected chi connectivity index (χ3v) is 6.44. The van der Waals surface area contributed by atoms with Gasteiger partial charge in [-0.1, -0.05) is 44.2 Å². The van der Waals surface area contributed by atoms with Gasteiger partial charge in [0.1, 0.15) is 11.6 Å². The Labute approximate surface area is 190 Å². The fourth-order valence-corrected chi connectivity index (χ4v) is 4.98. The SMILES string of the molecule is C=C1OC=Cc2c(NC3c4cc(Cl)c(F)c(C)c4[C@H](CC)CC3C)cccc21.FC(F)F. The lowest BCUT2D eigenvalue weighted by Gasteiger charge is -2.39. The van der Waals surface area contributed by atoms with E-state index in [1.807, 2.05) is 31.2 Å². The minimum atomic E-state index is -3.67. The van der Waals surface area contributed by atoms with E-state index in [2.05, 4.69) is 31.8 Å². The van der Waals surface area contributed by atoms with Crippen molar-refractivity contribution in [3.05, 3.63) is 75.8 Å². The fraction of sp³-hybridized carbons (Fsp3) is 0.360. The number of halogens is 5. The lowest BCUT2D eigenvalue weighted by atomic mass is 9.71. The number of rotatable bonds is 3. The number of alkyl halides is 3. The molecule has 0 saturated carbocycles. The Kier molecular flexibility index (Phi) is 7.55. The van der Waals surface area contributed by atoms with Gasteiger partial charge >= 0.3 is 6.68 Å². The van der Waals surface area contributed by atoms with Gasteiger partial charge in [-0.3, -0.25) is 0 Å². The van der Waals surface area contributed by atoms with Crippen LogP contribution >= 0.6 is 11.6 Å². The maximum Gasteiger partial charge on any atom is 0.379 e. The molecule has 32 heavy (non-hydrogen) atoms. The number of anilines is 1. The van der Waals surface area contributed by atoms with Gasteiger partial charge in [0, 0.05) is 16.8 Å². The summed E-state index contributed by atoms with van der Waals surface area (Å²) >= 11 is 6.25. The Morgan fingerprint density at radius 1 is 1.28 bits per heavy atom. The summed E-state index contributed by atoms with van der Waals surface area (Å²) in [5.41, 5.74) is 5.99. The second kappa shape index (κ2) is 9.99. The third kappa shape index (κ3) is 4.80. The standard InChI is InChI=1S/C24H25ClFNO.CHF3/c1-5-16-11-13(2)24(19-12-20(25)23(26)14(3)22(16)19)27-21-8-6-7-17-15(4)28-10-9-18(17)21;2-1(3)4/h6-10,12-13,16,24,27H,4-5,11H2,1-3H3;1H/t13?,16-,24?;/m1./s1. The number of benzene rings is 2. The number of hydrogen-bond acceptors (Lipinski definition) is 2. The largest absolute Gasteiger partial charge is 0.465 e. The molecule has 3 atom stereocenters. The van der Waals surface area contributed by atoms with Crippen molar-refractivity contribution in [2.24, 2.45) is 5.92 Å². The van der Waals surface area contributed by atoms with Crippen LogP contribution in [0.4, 0.5) is 23.2 Å². The van der Waals surface area contributed by atoms with Crippen LogP contribution in [0.1, 0.15) is 66.5 Å². The zero-order valence-corrected chi connectivity index (χ0v) is 18.9. The monoisotopic (exact) mass is 467 g/mol. The van der Waals surface area contributed by atoms with Crippen molar-refractivity contribution in [3.63, 3.8) is 0 Å². The summed E-state index contributed by atoms with van der Waals surface area (Å²) in [7, 11) is 0. The molecule has 2 aliphatic rings. The molecule has 2 unspecified atom stereocenters. The van der Waals surface area contributed by atoms with Crippen molar-refractivity contribution < 1.29 is 22.3 Å². The summed E-state index contributed by atoms with van der Waals surface area (Å²) in [5.74, 6) is 1.10. The van der Waals surface area contributed by atoms with E-state index < -0.39 is 6.68 Å². The van der Waals surface area contributed by atoms with Crippen LogP contribution in [0.25, 0.3) is 11.8 Å². The summed E-state index contributed by atoms with van der Waals surface area (Å²) in [4.78, 5) is 0. The number of ether oxygens (including phenoxy) is 1. The first-order valence-corrected chi connectivity index (χ1v) is 10.9. The molecule has 172 valence electrons. The summed E-state index contributed by atoms with van der Waals surface area (Å²) < 4.78 is 49.0. The highest BCUT2D eigenvalue weighted by Gasteiger charge is 2.35. The molecular formula is C25H26ClF4NO. The van der Waals surface area contributed by atoms with Crippen LogP contribution < -0.4 is 5.32 Å². The van der Waals surface area contributed by atoms with Crippen molar-refractivity contribution >= 4 is 29.1 Å². The minimum absolute atomic E-state index is 0.0608. The average Bonchev–Trinajstić information content (AvgIpc) is 2.74. The predicted octanol–water partition coefficient (Wildman–Crippen LogP) is 8.62. The zero-order valence-electron chi connectivity index (χ0n) is 18.2. The van der Waals surface area contributed by atoms with Gasteiger partial charge in [0.15, 0.2) is 0 Å². The fourth-order valence-electron chi connectivity index (χ4n) is 4.72. The van der Waals surface area contributed by atoms with Crippen molar-refractivity contribution in [2.45, 2.75) is 52.3 Å². The summed E-state index contributed by atoms with van der Waals surface area (Å²) in [6, 6.07) is 7.96. The second-order valence-corrected chi connectivity index (χ2v) is 8.51. The summed E-state index contributed by atoms with van der Waals surface area (Å²) in [5, 5.41) is 3.92. The van der Waals surface area contributed by atoms with Crippen molar-refractivity contribution in [1.82, 2.24) is 0 Å². The van der Waals surface area contributed by atoms with Gasteiger partial charge in [0.25, 0.3) is 0 Å². The van der Waals surface area contributed by atoms with E-state index >= 15 is 0 Å². The van der Waals surface area contributed by atoms with Crippen LogP contribution in [0.5, 0.6) is 0 Å². The van der Waals surface area contributed by atoms with Gasteiger partial charge in [-0.05, 0) is 66.5 Å². The quantitative estimate of drug-likeness (QED) is 0.456. The molecule has 0 radical (unpaired) electrons. The Bertz CT molecular complexity index is 1030. The van der Waals surface area contributed by atoms with Gasteiger partial charge in [-0.15, -0.1) is 0 Å². The highest BCUT2D eigenvalue weighted by atomic mass is 35.5. The van der Waals surface area contributed by atoms with E-state index in [4.69, 9.17) is 16.3 Å². The Balaban J connectivity index is 0.000000668. The third-order valence-electron chi connectivity index (χ3n) is 6.16. The van der Waals surface area contributed by atoms with Crippen LogP contribution in [-0.4, -0.2) is 6.68 Å². The minimum Gasteiger partial charge on any atom is -0.465 e. The Morgan fingerprint density at radius 2 is 1.97 bits per heavy atom. The van der Waals surface area contributed by atoms with Crippen LogP contribution in [0.2, 0.25) is 5.02 Å². The molecule has 2 aromatic rings. The lowest BCUT2D eigenvalue weighted by Crippen LogP contribution is -2.28. The van der Waals surface area contributed by atoms with E-state index in [0.717, 1.165) is 40.8 Å². The molecule has 1 aliphatic heterocycles. The highest BCUT2D eigenvalue weighted by molar-refractivity contribution is 6.30. The van der Waals surface area contributed by atoms with Gasteiger partial charge in [0.2, 0.25) is 0 Å². The molecule has 0 amide bonds. The number of hydrogen-bond donors (Lipinski definition) is 1. The Hall–Kier alpha value is -2.47. The zero-order chi connectivity index (χ0) is 23.6. The number of fused-ring (bicyclic) bond motifs is 2. The normalized spacial score (nSPS) is 21.3. The van der Waals surface area contributed by atoms with E-state index in [-0.39, 0.29) is 16.9 Å². The van der Waals surface area contributed by atoms with Crippen LogP contribution in [0.3, 0.4) is 0 Å². The molecular weight excluding hydrogens is 442 g/mol. The van der Waals surface area contributed by atoms with Gasteiger partial charge in [0.05, 0.1) is 17.3 Å². The van der Waals surface area contributed by atoms with Gasteiger partial charge in [-0.25, -0.2) is 4.39 Å².